The van der Waals surface area contributed by atoms with Crippen molar-refractivity contribution in [2.45, 2.75) is 45.8 Å². The minimum atomic E-state index is -0.619. The van der Waals surface area contributed by atoms with Gasteiger partial charge in [0.1, 0.15) is 5.75 Å². The summed E-state index contributed by atoms with van der Waals surface area (Å²) in [5.41, 5.74) is 0.453. The number of carbonyl (C=O) groups is 1. The van der Waals surface area contributed by atoms with Crippen LogP contribution in [0.1, 0.15) is 45.8 Å². The van der Waals surface area contributed by atoms with E-state index in [4.69, 9.17) is 4.74 Å². The molecule has 1 unspecified atom stereocenters. The molecule has 0 bridgehead atoms. The van der Waals surface area contributed by atoms with Crippen LogP contribution in [0.4, 0.5) is 0 Å². The van der Waals surface area contributed by atoms with E-state index in [2.05, 4.69) is 5.32 Å². The van der Waals surface area contributed by atoms with Crippen LogP contribution in [0.3, 0.4) is 0 Å². The molecule has 106 valence electrons. The summed E-state index contributed by atoms with van der Waals surface area (Å²) in [6.45, 7) is 7.57. The van der Waals surface area contributed by atoms with Crippen LogP contribution in [0, 0.1) is 0 Å². The minimum Gasteiger partial charge on any atom is -0.483 e. The van der Waals surface area contributed by atoms with Gasteiger partial charge in [0.2, 0.25) is 0 Å². The van der Waals surface area contributed by atoms with E-state index in [1.165, 1.54) is 0 Å². The van der Waals surface area contributed by atoms with E-state index in [1.54, 1.807) is 19.1 Å². The van der Waals surface area contributed by atoms with E-state index in [9.17, 15) is 9.90 Å². The number of carbonyl (C=O) groups excluding carboxylic acids is 1. The van der Waals surface area contributed by atoms with Crippen LogP contribution in [-0.2, 0) is 4.79 Å². The Hall–Kier alpha value is -1.55. The molecular formula is C15H23NO3. The number of nitrogens with one attached hydrogen (secondary N) is 1. The predicted molar refractivity (Wildman–Crippen MR) is 75.1 cm³/mol. The smallest absolute Gasteiger partial charge is 0.258 e. The van der Waals surface area contributed by atoms with E-state index in [1.807, 2.05) is 32.9 Å². The number of rotatable bonds is 6. The number of amides is 1. The number of aliphatic hydroxyl groups is 1. The lowest BCUT2D eigenvalue weighted by molar-refractivity contribution is -0.124. The third-order valence-electron chi connectivity index (χ3n) is 3.09. The molecule has 0 aliphatic carbocycles. The molecule has 0 aliphatic rings. The summed E-state index contributed by atoms with van der Waals surface area (Å²) < 4.78 is 5.48. The molecule has 4 nitrogen and oxygen atoms in total. The number of aliphatic hydroxyl groups excluding tert-OH is 1. The second-order valence-corrected chi connectivity index (χ2v) is 5.29. The highest BCUT2D eigenvalue weighted by Crippen LogP contribution is 2.24. The fourth-order valence-electron chi connectivity index (χ4n) is 1.60. The maximum Gasteiger partial charge on any atom is 0.258 e. The first-order chi connectivity index (χ1) is 8.85. The van der Waals surface area contributed by atoms with Gasteiger partial charge in [-0.15, -0.1) is 0 Å². The molecule has 1 aromatic rings. The van der Waals surface area contributed by atoms with Crippen molar-refractivity contribution in [1.82, 2.24) is 5.32 Å². The second-order valence-electron chi connectivity index (χ2n) is 5.29. The zero-order chi connectivity index (χ0) is 14.5. The molecule has 0 fully saturated rings. The Morgan fingerprint density at radius 1 is 1.42 bits per heavy atom. The van der Waals surface area contributed by atoms with Gasteiger partial charge in [-0.2, -0.15) is 0 Å². The number of benzene rings is 1. The van der Waals surface area contributed by atoms with Gasteiger partial charge in [0.15, 0.2) is 6.61 Å². The summed E-state index contributed by atoms with van der Waals surface area (Å²) in [5, 5.41) is 12.5. The first-order valence-corrected chi connectivity index (χ1v) is 6.56. The zero-order valence-corrected chi connectivity index (χ0v) is 12.1. The first-order valence-electron chi connectivity index (χ1n) is 6.56. The average Bonchev–Trinajstić information content (AvgIpc) is 2.36. The molecule has 4 heteroatoms. The highest BCUT2D eigenvalue weighted by Gasteiger charge is 2.18. The summed E-state index contributed by atoms with van der Waals surface area (Å²) in [7, 11) is 0. The lowest BCUT2D eigenvalue weighted by Gasteiger charge is -2.24. The number of ether oxygens (including phenoxy) is 1. The Kier molecular flexibility index (Phi) is 5.36. The van der Waals surface area contributed by atoms with Gasteiger partial charge < -0.3 is 15.2 Å². The van der Waals surface area contributed by atoms with Gasteiger partial charge in [-0.3, -0.25) is 4.79 Å². The molecule has 1 amide bonds. The van der Waals surface area contributed by atoms with Gasteiger partial charge in [-0.1, -0.05) is 25.1 Å². The third kappa shape index (κ3) is 4.91. The average molecular weight is 265 g/mol. The van der Waals surface area contributed by atoms with Crippen LogP contribution >= 0.6 is 0 Å². The van der Waals surface area contributed by atoms with Crippen molar-refractivity contribution in [2.75, 3.05) is 6.61 Å². The van der Waals surface area contributed by atoms with Crippen molar-refractivity contribution in [3.05, 3.63) is 29.8 Å². The largest absolute Gasteiger partial charge is 0.483 e. The molecule has 0 heterocycles. The molecule has 0 saturated heterocycles. The lowest BCUT2D eigenvalue weighted by Crippen LogP contribution is -2.44. The van der Waals surface area contributed by atoms with Crippen molar-refractivity contribution in [3.8, 4) is 5.75 Å². The van der Waals surface area contributed by atoms with Crippen LogP contribution < -0.4 is 10.1 Å². The summed E-state index contributed by atoms with van der Waals surface area (Å²) in [6, 6.07) is 7.18. The monoisotopic (exact) mass is 265 g/mol. The first kappa shape index (κ1) is 15.5. The molecule has 1 atom stereocenters. The number of para-hydroxylation sites is 1. The zero-order valence-electron chi connectivity index (χ0n) is 12.1. The molecule has 0 spiro atoms. The van der Waals surface area contributed by atoms with Crippen LogP contribution in [0.2, 0.25) is 0 Å². The van der Waals surface area contributed by atoms with E-state index >= 15 is 0 Å². The van der Waals surface area contributed by atoms with Crippen molar-refractivity contribution < 1.29 is 14.6 Å². The number of hydrogen-bond acceptors (Lipinski definition) is 3. The van der Waals surface area contributed by atoms with Crippen LogP contribution in [-0.4, -0.2) is 23.2 Å². The molecule has 1 aromatic carbocycles. The SMILES string of the molecule is CCC(C)(C)NC(=O)COc1ccccc1C(C)O. The molecule has 0 aliphatic heterocycles. The summed E-state index contributed by atoms with van der Waals surface area (Å²) in [4.78, 5) is 11.8. The molecule has 0 aromatic heterocycles. The molecule has 2 N–H and O–H groups in total. The molecule has 19 heavy (non-hydrogen) atoms. The predicted octanol–water partition coefficient (Wildman–Crippen LogP) is 2.42. The van der Waals surface area contributed by atoms with Crippen molar-refractivity contribution in [2.24, 2.45) is 0 Å². The topological polar surface area (TPSA) is 58.6 Å². The van der Waals surface area contributed by atoms with Crippen LogP contribution in [0.5, 0.6) is 5.75 Å². The van der Waals surface area contributed by atoms with Gasteiger partial charge in [0.25, 0.3) is 5.91 Å². The second kappa shape index (κ2) is 6.57. The molecule has 0 radical (unpaired) electrons. The Balaban J connectivity index is 2.60. The fourth-order valence-corrected chi connectivity index (χ4v) is 1.60. The summed E-state index contributed by atoms with van der Waals surface area (Å²) in [5.74, 6) is 0.384. The highest BCUT2D eigenvalue weighted by atomic mass is 16.5. The van der Waals surface area contributed by atoms with Gasteiger partial charge in [-0.25, -0.2) is 0 Å². The molecule has 0 saturated carbocycles. The maximum absolute atomic E-state index is 11.8. The lowest BCUT2D eigenvalue weighted by atomic mass is 10.0. The van der Waals surface area contributed by atoms with Gasteiger partial charge in [0.05, 0.1) is 6.10 Å². The molecular weight excluding hydrogens is 242 g/mol. The maximum atomic E-state index is 11.8. The van der Waals surface area contributed by atoms with Crippen molar-refractivity contribution in [3.63, 3.8) is 0 Å². The van der Waals surface area contributed by atoms with Crippen molar-refractivity contribution in [1.29, 1.82) is 0 Å². The Bertz CT molecular complexity index is 427. The van der Waals surface area contributed by atoms with E-state index in [0.717, 1.165) is 6.42 Å². The van der Waals surface area contributed by atoms with E-state index in [0.29, 0.717) is 11.3 Å². The van der Waals surface area contributed by atoms with E-state index < -0.39 is 6.10 Å². The summed E-state index contributed by atoms with van der Waals surface area (Å²) >= 11 is 0. The normalized spacial score (nSPS) is 12.9. The van der Waals surface area contributed by atoms with Gasteiger partial charge in [0, 0.05) is 11.1 Å². The van der Waals surface area contributed by atoms with Crippen LogP contribution in [0.15, 0.2) is 24.3 Å². The Morgan fingerprint density at radius 2 is 2.05 bits per heavy atom. The number of hydrogen-bond donors (Lipinski definition) is 2. The summed E-state index contributed by atoms with van der Waals surface area (Å²) in [6.07, 6.45) is 0.231. The minimum absolute atomic E-state index is 0.0484. The van der Waals surface area contributed by atoms with Crippen molar-refractivity contribution >= 4 is 5.91 Å². The van der Waals surface area contributed by atoms with Gasteiger partial charge >= 0.3 is 0 Å². The Labute approximate surface area is 114 Å². The standard InChI is InChI=1S/C15H23NO3/c1-5-15(3,4)16-14(18)10-19-13-9-7-6-8-12(13)11(2)17/h6-9,11,17H,5,10H2,1-4H3,(H,16,18). The van der Waals surface area contributed by atoms with E-state index in [-0.39, 0.29) is 18.1 Å². The third-order valence-corrected chi connectivity index (χ3v) is 3.09. The highest BCUT2D eigenvalue weighted by molar-refractivity contribution is 5.78. The quantitative estimate of drug-likeness (QED) is 0.830. The van der Waals surface area contributed by atoms with Crippen LogP contribution in [0.25, 0.3) is 0 Å². The van der Waals surface area contributed by atoms with Gasteiger partial charge in [-0.05, 0) is 33.3 Å². The Morgan fingerprint density at radius 3 is 2.63 bits per heavy atom. The fraction of sp³-hybridized carbons (Fsp3) is 0.533. The molecule has 1 rings (SSSR count).